The molecule has 4 atom stereocenters. The molecule has 0 aliphatic heterocycles. The second kappa shape index (κ2) is 5.21. The highest BCUT2D eigenvalue weighted by atomic mass is 32.1. The minimum Gasteiger partial charge on any atom is -0.481 e. The Morgan fingerprint density at radius 3 is 3.00 bits per heavy atom. The number of thiazole rings is 1. The van der Waals surface area contributed by atoms with Crippen molar-refractivity contribution in [1.29, 1.82) is 0 Å². The molecular formula is C14H20N2O2S. The van der Waals surface area contributed by atoms with Gasteiger partial charge in [0.1, 0.15) is 0 Å². The number of rotatable bonds is 5. The summed E-state index contributed by atoms with van der Waals surface area (Å²) in [4.78, 5) is 17.0. The summed E-state index contributed by atoms with van der Waals surface area (Å²) in [7, 11) is 0. The Balaban J connectivity index is 1.57. The van der Waals surface area contributed by atoms with Gasteiger partial charge in [-0.25, -0.2) is 4.98 Å². The van der Waals surface area contributed by atoms with Crippen LogP contribution in [0, 0.1) is 24.7 Å². The molecule has 0 saturated heterocycles. The first-order chi connectivity index (χ1) is 9.16. The molecular weight excluding hydrogens is 260 g/mol. The molecule has 4 unspecified atom stereocenters. The molecule has 2 N–H and O–H groups in total. The fourth-order valence-corrected chi connectivity index (χ4v) is 4.64. The maximum Gasteiger partial charge on any atom is 0.308 e. The van der Waals surface area contributed by atoms with Crippen LogP contribution < -0.4 is 5.32 Å². The second-order valence-electron chi connectivity index (χ2n) is 5.79. The Morgan fingerprint density at radius 2 is 2.32 bits per heavy atom. The Bertz CT molecular complexity index is 474. The summed E-state index contributed by atoms with van der Waals surface area (Å²) < 4.78 is 0. The largest absolute Gasteiger partial charge is 0.481 e. The zero-order valence-corrected chi connectivity index (χ0v) is 11.9. The quantitative estimate of drug-likeness (QED) is 0.867. The number of fused-ring (bicyclic) bond motifs is 2. The number of carbonyl (C=O) groups is 1. The predicted molar refractivity (Wildman–Crippen MR) is 74.3 cm³/mol. The van der Waals surface area contributed by atoms with Crippen LogP contribution in [-0.2, 0) is 11.2 Å². The molecule has 1 aromatic rings. The minimum atomic E-state index is -0.612. The summed E-state index contributed by atoms with van der Waals surface area (Å²) in [5.74, 6) is 0.207. The number of nitrogens with one attached hydrogen (secondary N) is 1. The van der Waals surface area contributed by atoms with Gasteiger partial charge in [0.25, 0.3) is 0 Å². The summed E-state index contributed by atoms with van der Waals surface area (Å²) in [6.07, 6.45) is 4.37. The average Bonchev–Trinajstić information content (AvgIpc) is 3.05. The van der Waals surface area contributed by atoms with Gasteiger partial charge >= 0.3 is 5.97 Å². The molecule has 1 heterocycles. The highest BCUT2D eigenvalue weighted by Gasteiger charge is 2.50. The predicted octanol–water partition coefficient (Wildman–Crippen LogP) is 2.08. The van der Waals surface area contributed by atoms with Crippen molar-refractivity contribution in [3.8, 4) is 0 Å². The molecule has 4 nitrogen and oxygen atoms in total. The number of aryl methyl sites for hydroxylation is 1. The average molecular weight is 280 g/mol. The summed E-state index contributed by atoms with van der Waals surface area (Å²) in [5, 5.41) is 12.9. The molecule has 0 radical (unpaired) electrons. The first-order valence-electron chi connectivity index (χ1n) is 7.02. The van der Waals surface area contributed by atoms with Gasteiger partial charge in [0.05, 0.1) is 17.1 Å². The van der Waals surface area contributed by atoms with Crippen LogP contribution in [0.3, 0.4) is 0 Å². The van der Waals surface area contributed by atoms with Crippen LogP contribution in [0.15, 0.2) is 5.51 Å². The Kier molecular flexibility index (Phi) is 3.58. The van der Waals surface area contributed by atoms with E-state index in [9.17, 15) is 9.90 Å². The summed E-state index contributed by atoms with van der Waals surface area (Å²) in [5.41, 5.74) is 2.98. The molecule has 0 spiro atoms. The van der Waals surface area contributed by atoms with E-state index in [-0.39, 0.29) is 12.0 Å². The molecule has 1 aromatic heterocycles. The highest BCUT2D eigenvalue weighted by Crippen LogP contribution is 2.48. The number of aromatic nitrogens is 1. The van der Waals surface area contributed by atoms with Crippen molar-refractivity contribution in [1.82, 2.24) is 10.3 Å². The van der Waals surface area contributed by atoms with Crippen molar-refractivity contribution in [2.24, 2.45) is 17.8 Å². The van der Waals surface area contributed by atoms with E-state index in [1.807, 2.05) is 12.4 Å². The fourth-order valence-electron chi connectivity index (χ4n) is 3.86. The number of carboxylic acid groups (broad SMARTS) is 1. The molecule has 104 valence electrons. The zero-order valence-electron chi connectivity index (χ0n) is 11.1. The fraction of sp³-hybridized carbons (Fsp3) is 0.714. The van der Waals surface area contributed by atoms with Crippen LogP contribution in [0.4, 0.5) is 0 Å². The maximum absolute atomic E-state index is 11.4. The van der Waals surface area contributed by atoms with Crippen LogP contribution in [0.2, 0.25) is 0 Å². The van der Waals surface area contributed by atoms with Gasteiger partial charge in [-0.1, -0.05) is 0 Å². The molecule has 19 heavy (non-hydrogen) atoms. The lowest BCUT2D eigenvalue weighted by Gasteiger charge is -2.29. The second-order valence-corrected chi connectivity index (χ2v) is 6.73. The number of hydrogen-bond acceptors (Lipinski definition) is 4. The Labute approximate surface area is 117 Å². The number of carboxylic acids is 1. The smallest absolute Gasteiger partial charge is 0.308 e. The van der Waals surface area contributed by atoms with Crippen molar-refractivity contribution in [2.75, 3.05) is 6.54 Å². The van der Waals surface area contributed by atoms with E-state index in [2.05, 4.69) is 10.3 Å². The third kappa shape index (κ3) is 2.41. The third-order valence-corrected chi connectivity index (χ3v) is 5.77. The van der Waals surface area contributed by atoms with Gasteiger partial charge in [0.2, 0.25) is 0 Å². The molecule has 5 heteroatoms. The zero-order chi connectivity index (χ0) is 13.4. The Hall–Kier alpha value is -0.940. The van der Waals surface area contributed by atoms with Crippen LogP contribution in [0.25, 0.3) is 0 Å². The highest BCUT2D eigenvalue weighted by molar-refractivity contribution is 7.09. The standard InChI is InChI=1S/C14H20N2O2S/c1-8-11(19-7-16-8)4-5-15-13-10-3-2-9(6-10)12(13)14(17)18/h7,9-10,12-13,15H,2-6H2,1H3,(H,17,18). The van der Waals surface area contributed by atoms with Gasteiger partial charge in [-0.3, -0.25) is 4.79 Å². The molecule has 0 aromatic carbocycles. The van der Waals surface area contributed by atoms with E-state index in [4.69, 9.17) is 0 Å². The minimum absolute atomic E-state index is 0.165. The van der Waals surface area contributed by atoms with E-state index in [0.717, 1.165) is 31.5 Å². The van der Waals surface area contributed by atoms with Crippen LogP contribution in [-0.4, -0.2) is 28.6 Å². The van der Waals surface area contributed by atoms with E-state index >= 15 is 0 Å². The molecule has 2 fully saturated rings. The lowest BCUT2D eigenvalue weighted by Crippen LogP contribution is -2.44. The van der Waals surface area contributed by atoms with E-state index in [0.29, 0.717) is 11.8 Å². The lowest BCUT2D eigenvalue weighted by molar-refractivity contribution is -0.144. The van der Waals surface area contributed by atoms with Crippen LogP contribution >= 0.6 is 11.3 Å². The van der Waals surface area contributed by atoms with Crippen molar-refractivity contribution < 1.29 is 9.90 Å². The normalized spacial score (nSPS) is 32.9. The molecule has 2 aliphatic carbocycles. The third-order valence-electron chi connectivity index (χ3n) is 4.78. The summed E-state index contributed by atoms with van der Waals surface area (Å²) in [6, 6.07) is 0.185. The lowest BCUT2D eigenvalue weighted by atomic mass is 9.84. The SMILES string of the molecule is Cc1ncsc1CCNC1C2CCC(C2)C1C(=O)O. The van der Waals surface area contributed by atoms with Gasteiger partial charge < -0.3 is 10.4 Å². The number of aliphatic carboxylic acids is 1. The van der Waals surface area contributed by atoms with Crippen molar-refractivity contribution in [3.05, 3.63) is 16.1 Å². The van der Waals surface area contributed by atoms with E-state index < -0.39 is 5.97 Å². The molecule has 2 saturated carbocycles. The van der Waals surface area contributed by atoms with Crippen molar-refractivity contribution >= 4 is 17.3 Å². The number of nitrogens with zero attached hydrogens (tertiary/aromatic N) is 1. The van der Waals surface area contributed by atoms with E-state index in [1.54, 1.807) is 11.3 Å². The van der Waals surface area contributed by atoms with Crippen LogP contribution in [0.5, 0.6) is 0 Å². The molecule has 2 aliphatic rings. The molecule has 3 rings (SSSR count). The number of hydrogen-bond donors (Lipinski definition) is 2. The van der Waals surface area contributed by atoms with E-state index in [1.165, 1.54) is 11.3 Å². The first kappa shape index (κ1) is 13.1. The monoisotopic (exact) mass is 280 g/mol. The van der Waals surface area contributed by atoms with Crippen LogP contribution in [0.1, 0.15) is 29.8 Å². The Morgan fingerprint density at radius 1 is 1.53 bits per heavy atom. The summed E-state index contributed by atoms with van der Waals surface area (Å²) in [6.45, 7) is 2.89. The van der Waals surface area contributed by atoms with Crippen molar-refractivity contribution in [3.63, 3.8) is 0 Å². The van der Waals surface area contributed by atoms with Gasteiger partial charge in [0.15, 0.2) is 0 Å². The molecule has 2 bridgehead atoms. The maximum atomic E-state index is 11.4. The first-order valence-corrected chi connectivity index (χ1v) is 7.90. The summed E-state index contributed by atoms with van der Waals surface area (Å²) >= 11 is 1.69. The van der Waals surface area contributed by atoms with Gasteiger partial charge in [-0.2, -0.15) is 0 Å². The molecule has 0 amide bonds. The van der Waals surface area contributed by atoms with Gasteiger partial charge in [-0.15, -0.1) is 11.3 Å². The van der Waals surface area contributed by atoms with Gasteiger partial charge in [0, 0.05) is 17.5 Å². The van der Waals surface area contributed by atoms with Gasteiger partial charge in [-0.05, 0) is 44.4 Å². The topological polar surface area (TPSA) is 62.2 Å². The van der Waals surface area contributed by atoms with Crippen molar-refractivity contribution in [2.45, 2.75) is 38.6 Å².